The summed E-state index contributed by atoms with van der Waals surface area (Å²) < 4.78 is 11.2. The summed E-state index contributed by atoms with van der Waals surface area (Å²) in [6.45, 7) is 4.81. The van der Waals surface area contributed by atoms with Crippen LogP contribution in [0, 0.1) is 0 Å². The van der Waals surface area contributed by atoms with Gasteiger partial charge in [0.05, 0.1) is 19.2 Å². The van der Waals surface area contributed by atoms with Crippen molar-refractivity contribution in [2.75, 3.05) is 12.4 Å². The topological polar surface area (TPSA) is 60.2 Å². The molecule has 3 rings (SSSR count). The molecular formula is C20H23N3O2. The van der Waals surface area contributed by atoms with Crippen LogP contribution in [0.3, 0.4) is 0 Å². The number of aromatic nitrogens is 2. The molecule has 0 bridgehead atoms. The lowest BCUT2D eigenvalue weighted by Crippen LogP contribution is -2.05. The average molecular weight is 337 g/mol. The highest BCUT2D eigenvalue weighted by Gasteiger charge is 2.13. The molecule has 2 aromatic carbocycles. The molecule has 0 aliphatic heterocycles. The van der Waals surface area contributed by atoms with Crippen LogP contribution in [0.25, 0.3) is 11.5 Å². The first-order valence-electron chi connectivity index (χ1n) is 8.57. The largest absolute Gasteiger partial charge is 0.496 e. The van der Waals surface area contributed by atoms with Crippen molar-refractivity contribution in [1.29, 1.82) is 0 Å². The lowest BCUT2D eigenvalue weighted by Gasteiger charge is -2.14. The first-order valence-corrected chi connectivity index (χ1v) is 8.57. The van der Waals surface area contributed by atoms with Crippen molar-refractivity contribution < 1.29 is 9.15 Å². The number of hydrogen-bond acceptors (Lipinski definition) is 5. The molecule has 1 N–H and O–H groups in total. The molecule has 0 saturated carbocycles. The van der Waals surface area contributed by atoms with Crippen LogP contribution in [-0.2, 0) is 19.4 Å². The molecule has 0 spiro atoms. The molecule has 5 nitrogen and oxygen atoms in total. The van der Waals surface area contributed by atoms with Crippen molar-refractivity contribution in [3.8, 4) is 17.2 Å². The van der Waals surface area contributed by atoms with Crippen molar-refractivity contribution in [3.05, 3.63) is 59.5 Å². The Bertz CT molecular complexity index is 820. The minimum atomic E-state index is 0.466. The van der Waals surface area contributed by atoms with Gasteiger partial charge in [-0.2, -0.15) is 0 Å². The predicted octanol–water partition coefficient (Wildman–Crippen LogP) is 4.48. The standard InChI is InChI=1S/C20H23N3O2/c1-4-14-9-8-10-15(5-2)19(14)21-13-18-22-23-20(25-18)16-11-6-7-12-17(16)24-3/h6-12,21H,4-5,13H2,1-3H3. The van der Waals surface area contributed by atoms with E-state index < -0.39 is 0 Å². The zero-order valence-electron chi connectivity index (χ0n) is 14.9. The van der Waals surface area contributed by atoms with Gasteiger partial charge in [-0.3, -0.25) is 0 Å². The smallest absolute Gasteiger partial charge is 0.251 e. The summed E-state index contributed by atoms with van der Waals surface area (Å²) in [6.07, 6.45) is 1.96. The quantitative estimate of drug-likeness (QED) is 0.689. The second-order valence-electron chi connectivity index (χ2n) is 5.71. The number of nitrogens with zero attached hydrogens (tertiary/aromatic N) is 2. The summed E-state index contributed by atoms with van der Waals surface area (Å²) in [6, 6.07) is 14.0. The molecular weight excluding hydrogens is 314 g/mol. The highest BCUT2D eigenvalue weighted by atomic mass is 16.5. The van der Waals surface area contributed by atoms with Gasteiger partial charge in [-0.1, -0.05) is 44.2 Å². The fourth-order valence-electron chi connectivity index (χ4n) is 2.89. The Kier molecular flexibility index (Phi) is 5.33. The zero-order chi connectivity index (χ0) is 17.6. The van der Waals surface area contributed by atoms with Crippen molar-refractivity contribution in [1.82, 2.24) is 10.2 Å². The Morgan fingerprint density at radius 3 is 2.36 bits per heavy atom. The minimum Gasteiger partial charge on any atom is -0.496 e. The SMILES string of the molecule is CCc1cccc(CC)c1NCc1nnc(-c2ccccc2OC)o1. The summed E-state index contributed by atoms with van der Waals surface area (Å²) in [5.41, 5.74) is 4.56. The molecule has 3 aromatic rings. The number of para-hydroxylation sites is 2. The second kappa shape index (κ2) is 7.83. The van der Waals surface area contributed by atoms with E-state index in [1.807, 2.05) is 24.3 Å². The number of benzene rings is 2. The van der Waals surface area contributed by atoms with Crippen molar-refractivity contribution in [2.24, 2.45) is 0 Å². The summed E-state index contributed by atoms with van der Waals surface area (Å²) >= 11 is 0. The molecule has 0 radical (unpaired) electrons. The molecule has 0 amide bonds. The van der Waals surface area contributed by atoms with Gasteiger partial charge < -0.3 is 14.5 Å². The minimum absolute atomic E-state index is 0.466. The predicted molar refractivity (Wildman–Crippen MR) is 98.8 cm³/mol. The number of ether oxygens (including phenoxy) is 1. The van der Waals surface area contributed by atoms with Gasteiger partial charge >= 0.3 is 0 Å². The summed E-state index contributed by atoms with van der Waals surface area (Å²) in [5.74, 6) is 1.73. The number of nitrogens with one attached hydrogen (secondary N) is 1. The van der Waals surface area contributed by atoms with E-state index in [-0.39, 0.29) is 0 Å². The Balaban J connectivity index is 1.79. The molecule has 0 fully saturated rings. The zero-order valence-corrected chi connectivity index (χ0v) is 14.9. The molecule has 5 heteroatoms. The van der Waals surface area contributed by atoms with Crippen LogP contribution < -0.4 is 10.1 Å². The summed E-state index contributed by atoms with van der Waals surface area (Å²) in [5, 5.41) is 11.8. The molecule has 0 atom stereocenters. The van der Waals surface area contributed by atoms with Crippen LogP contribution in [0.2, 0.25) is 0 Å². The number of rotatable bonds is 7. The van der Waals surface area contributed by atoms with Crippen LogP contribution in [0.5, 0.6) is 5.75 Å². The molecule has 1 heterocycles. The first kappa shape index (κ1) is 17.0. The number of hydrogen-bond donors (Lipinski definition) is 1. The van der Waals surface area contributed by atoms with Gasteiger partial charge in [-0.15, -0.1) is 10.2 Å². The van der Waals surface area contributed by atoms with Crippen LogP contribution in [0.1, 0.15) is 30.9 Å². The van der Waals surface area contributed by atoms with Gasteiger partial charge in [0.2, 0.25) is 5.89 Å². The maximum absolute atomic E-state index is 5.82. The number of methoxy groups -OCH3 is 1. The lowest BCUT2D eigenvalue weighted by molar-refractivity contribution is 0.413. The Morgan fingerprint density at radius 2 is 1.68 bits per heavy atom. The van der Waals surface area contributed by atoms with Gasteiger partial charge in [0.1, 0.15) is 5.75 Å². The number of anilines is 1. The maximum atomic E-state index is 5.82. The third-order valence-corrected chi connectivity index (χ3v) is 4.22. The first-order chi connectivity index (χ1) is 12.3. The molecule has 130 valence electrons. The van der Waals surface area contributed by atoms with E-state index >= 15 is 0 Å². The van der Waals surface area contributed by atoms with Crippen molar-refractivity contribution >= 4 is 5.69 Å². The maximum Gasteiger partial charge on any atom is 0.251 e. The fourth-order valence-corrected chi connectivity index (χ4v) is 2.89. The van der Waals surface area contributed by atoms with Crippen LogP contribution in [0.15, 0.2) is 46.9 Å². The van der Waals surface area contributed by atoms with E-state index in [4.69, 9.17) is 9.15 Å². The van der Waals surface area contributed by atoms with Gasteiger partial charge in [0, 0.05) is 5.69 Å². The highest BCUT2D eigenvalue weighted by Crippen LogP contribution is 2.29. The molecule has 25 heavy (non-hydrogen) atoms. The van der Waals surface area contributed by atoms with E-state index in [0.29, 0.717) is 18.3 Å². The molecule has 0 saturated heterocycles. The van der Waals surface area contributed by atoms with Gasteiger partial charge in [-0.25, -0.2) is 0 Å². The summed E-state index contributed by atoms with van der Waals surface area (Å²) in [7, 11) is 1.63. The lowest BCUT2D eigenvalue weighted by atomic mass is 10.0. The average Bonchev–Trinajstić information content (AvgIpc) is 3.14. The molecule has 0 aliphatic rings. The van der Waals surface area contributed by atoms with Gasteiger partial charge in [-0.05, 0) is 36.1 Å². The van der Waals surface area contributed by atoms with Crippen LogP contribution in [-0.4, -0.2) is 17.3 Å². The number of aryl methyl sites for hydroxylation is 2. The fraction of sp³-hybridized carbons (Fsp3) is 0.300. The van der Waals surface area contributed by atoms with Crippen molar-refractivity contribution in [3.63, 3.8) is 0 Å². The monoisotopic (exact) mass is 337 g/mol. The Hall–Kier alpha value is -2.82. The van der Waals surface area contributed by atoms with Gasteiger partial charge in [0.25, 0.3) is 5.89 Å². The van der Waals surface area contributed by atoms with Gasteiger partial charge in [0.15, 0.2) is 0 Å². The van der Waals surface area contributed by atoms with Crippen LogP contribution >= 0.6 is 0 Å². The molecule has 1 aromatic heterocycles. The molecule has 0 aliphatic carbocycles. The normalized spacial score (nSPS) is 10.7. The van der Waals surface area contributed by atoms with Crippen LogP contribution in [0.4, 0.5) is 5.69 Å². The van der Waals surface area contributed by atoms with E-state index in [1.54, 1.807) is 7.11 Å². The van der Waals surface area contributed by atoms with E-state index in [0.717, 1.165) is 24.2 Å². The third kappa shape index (κ3) is 3.65. The molecule has 0 unspecified atom stereocenters. The van der Waals surface area contributed by atoms with E-state index in [1.165, 1.54) is 16.8 Å². The third-order valence-electron chi connectivity index (χ3n) is 4.22. The summed E-state index contributed by atoms with van der Waals surface area (Å²) in [4.78, 5) is 0. The Morgan fingerprint density at radius 1 is 0.960 bits per heavy atom. The van der Waals surface area contributed by atoms with E-state index in [2.05, 4.69) is 47.6 Å². The Labute approximate surface area is 148 Å². The van der Waals surface area contributed by atoms with Crippen molar-refractivity contribution in [2.45, 2.75) is 33.2 Å². The second-order valence-corrected chi connectivity index (χ2v) is 5.71. The van der Waals surface area contributed by atoms with E-state index in [9.17, 15) is 0 Å². The highest BCUT2D eigenvalue weighted by molar-refractivity contribution is 5.62.